The van der Waals surface area contributed by atoms with Crippen molar-refractivity contribution < 1.29 is 4.74 Å². The fraction of sp³-hybridized carbons (Fsp3) is 0.417. The number of hydrogen-bond acceptors (Lipinski definition) is 2. The largest absolute Gasteiger partial charge is 0.493 e. The van der Waals surface area contributed by atoms with Gasteiger partial charge in [-0.15, -0.1) is 0 Å². The zero-order chi connectivity index (χ0) is 10.2. The van der Waals surface area contributed by atoms with E-state index in [1.165, 1.54) is 11.8 Å². The van der Waals surface area contributed by atoms with Crippen molar-refractivity contribution in [2.75, 3.05) is 6.61 Å². The van der Waals surface area contributed by atoms with Gasteiger partial charge in [0.05, 0.1) is 6.61 Å². The average molecular weight is 189 g/mol. The molecule has 2 rings (SSSR count). The second-order valence-electron chi connectivity index (χ2n) is 4.38. The molecule has 14 heavy (non-hydrogen) atoms. The van der Waals surface area contributed by atoms with Crippen LogP contribution in [-0.4, -0.2) is 12.8 Å². The van der Waals surface area contributed by atoms with Crippen LogP contribution in [0.1, 0.15) is 31.4 Å². The lowest BCUT2D eigenvalue weighted by atomic mass is 9.79. The number of rotatable bonds is 1. The molecule has 1 N–H and O–H groups in total. The van der Waals surface area contributed by atoms with Crippen molar-refractivity contribution >= 4 is 6.21 Å². The van der Waals surface area contributed by atoms with Gasteiger partial charge in [0.2, 0.25) is 0 Å². The van der Waals surface area contributed by atoms with Gasteiger partial charge in [-0.3, -0.25) is 0 Å². The van der Waals surface area contributed by atoms with E-state index in [4.69, 9.17) is 10.1 Å². The summed E-state index contributed by atoms with van der Waals surface area (Å²) in [6, 6.07) is 6.00. The highest BCUT2D eigenvalue weighted by Gasteiger charge is 2.28. The third-order valence-corrected chi connectivity index (χ3v) is 2.89. The molecule has 0 bridgehead atoms. The zero-order valence-corrected chi connectivity index (χ0v) is 8.63. The molecule has 0 saturated carbocycles. The summed E-state index contributed by atoms with van der Waals surface area (Å²) < 4.78 is 5.60. The predicted molar refractivity (Wildman–Crippen MR) is 57.5 cm³/mol. The van der Waals surface area contributed by atoms with Crippen LogP contribution < -0.4 is 4.74 Å². The molecule has 1 aromatic rings. The molecular formula is C12H15NO. The molecule has 0 amide bonds. The lowest BCUT2D eigenvalue weighted by Gasteiger charge is -2.32. The Bertz CT molecular complexity index is 369. The monoisotopic (exact) mass is 189 g/mol. The molecule has 0 atom stereocenters. The minimum Gasteiger partial charge on any atom is -0.493 e. The van der Waals surface area contributed by atoms with E-state index in [1.807, 2.05) is 12.1 Å². The number of benzene rings is 1. The average Bonchev–Trinajstić information content (AvgIpc) is 2.16. The van der Waals surface area contributed by atoms with Crippen LogP contribution in [0, 0.1) is 5.41 Å². The molecule has 0 unspecified atom stereocenters. The first-order valence-electron chi connectivity index (χ1n) is 4.91. The zero-order valence-electron chi connectivity index (χ0n) is 8.63. The lowest BCUT2D eigenvalue weighted by Crippen LogP contribution is -2.26. The lowest BCUT2D eigenvalue weighted by molar-refractivity contribution is 0.234. The minimum absolute atomic E-state index is 0.203. The quantitative estimate of drug-likeness (QED) is 0.677. The van der Waals surface area contributed by atoms with Crippen LogP contribution >= 0.6 is 0 Å². The van der Waals surface area contributed by atoms with E-state index in [9.17, 15) is 0 Å². The molecular weight excluding hydrogens is 174 g/mol. The van der Waals surface area contributed by atoms with Crippen LogP contribution in [0.4, 0.5) is 0 Å². The fourth-order valence-corrected chi connectivity index (χ4v) is 1.86. The first-order chi connectivity index (χ1) is 6.63. The fourth-order valence-electron chi connectivity index (χ4n) is 1.86. The van der Waals surface area contributed by atoms with Gasteiger partial charge in [0, 0.05) is 6.21 Å². The molecule has 2 nitrogen and oxygen atoms in total. The van der Waals surface area contributed by atoms with Crippen LogP contribution in [-0.2, 0) is 5.41 Å². The normalized spacial score (nSPS) is 18.1. The number of ether oxygens (including phenoxy) is 1. The Hall–Kier alpha value is -1.31. The Morgan fingerprint density at radius 1 is 1.43 bits per heavy atom. The summed E-state index contributed by atoms with van der Waals surface area (Å²) in [5.74, 6) is 0.947. The maximum Gasteiger partial charge on any atom is 0.123 e. The van der Waals surface area contributed by atoms with E-state index in [0.29, 0.717) is 0 Å². The van der Waals surface area contributed by atoms with Crippen molar-refractivity contribution in [2.24, 2.45) is 0 Å². The third-order valence-electron chi connectivity index (χ3n) is 2.89. The maximum absolute atomic E-state index is 7.18. The Kier molecular flexibility index (Phi) is 2.06. The summed E-state index contributed by atoms with van der Waals surface area (Å²) >= 11 is 0. The van der Waals surface area contributed by atoms with Crippen LogP contribution in [0.25, 0.3) is 0 Å². The molecule has 0 aromatic heterocycles. The SMILES string of the molecule is CC1(C)CCOc2cc(C=N)ccc21. The van der Waals surface area contributed by atoms with E-state index in [0.717, 1.165) is 24.3 Å². The standard InChI is InChI=1S/C12H15NO/c1-12(2)5-6-14-11-7-9(8-13)3-4-10(11)12/h3-4,7-8,13H,5-6H2,1-2H3. The first kappa shape index (κ1) is 9.25. The van der Waals surface area contributed by atoms with Gasteiger partial charge < -0.3 is 10.1 Å². The summed E-state index contributed by atoms with van der Waals surface area (Å²) in [4.78, 5) is 0. The van der Waals surface area contributed by atoms with Gasteiger partial charge >= 0.3 is 0 Å². The van der Waals surface area contributed by atoms with Gasteiger partial charge in [0.25, 0.3) is 0 Å². The van der Waals surface area contributed by atoms with Crippen molar-refractivity contribution in [2.45, 2.75) is 25.7 Å². The van der Waals surface area contributed by atoms with E-state index in [2.05, 4.69) is 19.9 Å². The van der Waals surface area contributed by atoms with Crippen LogP contribution in [0.15, 0.2) is 18.2 Å². The Balaban J connectivity index is 2.51. The highest BCUT2D eigenvalue weighted by molar-refractivity contribution is 5.78. The highest BCUT2D eigenvalue weighted by atomic mass is 16.5. The predicted octanol–water partition coefficient (Wildman–Crippen LogP) is 2.74. The van der Waals surface area contributed by atoms with Gasteiger partial charge in [-0.2, -0.15) is 0 Å². The molecule has 74 valence electrons. The van der Waals surface area contributed by atoms with Crippen molar-refractivity contribution in [1.82, 2.24) is 0 Å². The van der Waals surface area contributed by atoms with E-state index in [-0.39, 0.29) is 5.41 Å². The smallest absolute Gasteiger partial charge is 0.123 e. The van der Waals surface area contributed by atoms with Gasteiger partial charge in [-0.1, -0.05) is 26.0 Å². The summed E-state index contributed by atoms with van der Waals surface area (Å²) in [7, 11) is 0. The molecule has 1 heterocycles. The Labute approximate surface area is 84.4 Å². The second kappa shape index (κ2) is 3.12. The molecule has 2 heteroatoms. The van der Waals surface area contributed by atoms with Gasteiger partial charge in [0.15, 0.2) is 0 Å². The summed E-state index contributed by atoms with van der Waals surface area (Å²) in [5.41, 5.74) is 2.37. The maximum atomic E-state index is 7.18. The van der Waals surface area contributed by atoms with E-state index < -0.39 is 0 Å². The molecule has 1 aliphatic rings. The van der Waals surface area contributed by atoms with Crippen molar-refractivity contribution in [3.05, 3.63) is 29.3 Å². The second-order valence-corrected chi connectivity index (χ2v) is 4.38. The first-order valence-corrected chi connectivity index (χ1v) is 4.91. The number of hydrogen-bond donors (Lipinski definition) is 1. The molecule has 0 radical (unpaired) electrons. The molecule has 0 fully saturated rings. The molecule has 0 spiro atoms. The molecule has 1 aliphatic heterocycles. The molecule has 0 aliphatic carbocycles. The van der Waals surface area contributed by atoms with Crippen LogP contribution in [0.2, 0.25) is 0 Å². The van der Waals surface area contributed by atoms with Crippen molar-refractivity contribution in [3.63, 3.8) is 0 Å². The van der Waals surface area contributed by atoms with Gasteiger partial charge in [0.1, 0.15) is 5.75 Å². The van der Waals surface area contributed by atoms with E-state index in [1.54, 1.807) is 0 Å². The number of fused-ring (bicyclic) bond motifs is 1. The summed E-state index contributed by atoms with van der Waals surface area (Å²) in [6.45, 7) is 5.25. The van der Waals surface area contributed by atoms with Crippen molar-refractivity contribution in [1.29, 1.82) is 5.41 Å². The van der Waals surface area contributed by atoms with Crippen LogP contribution in [0.5, 0.6) is 5.75 Å². The van der Waals surface area contributed by atoms with Crippen LogP contribution in [0.3, 0.4) is 0 Å². The topological polar surface area (TPSA) is 33.1 Å². The highest BCUT2D eigenvalue weighted by Crippen LogP contribution is 2.38. The number of nitrogens with one attached hydrogen (secondary N) is 1. The van der Waals surface area contributed by atoms with Gasteiger partial charge in [-0.25, -0.2) is 0 Å². The Morgan fingerprint density at radius 3 is 2.93 bits per heavy atom. The molecule has 0 saturated heterocycles. The third kappa shape index (κ3) is 1.41. The molecule has 1 aromatic carbocycles. The van der Waals surface area contributed by atoms with Crippen molar-refractivity contribution in [3.8, 4) is 5.75 Å². The van der Waals surface area contributed by atoms with Gasteiger partial charge in [-0.05, 0) is 29.0 Å². The Morgan fingerprint density at radius 2 is 2.21 bits per heavy atom. The summed E-state index contributed by atoms with van der Waals surface area (Å²) in [5, 5.41) is 7.18. The van der Waals surface area contributed by atoms with E-state index >= 15 is 0 Å². The minimum atomic E-state index is 0.203. The summed E-state index contributed by atoms with van der Waals surface area (Å²) in [6.07, 6.45) is 2.41.